The summed E-state index contributed by atoms with van der Waals surface area (Å²) >= 11 is 0. The van der Waals surface area contributed by atoms with Crippen molar-refractivity contribution in [3.8, 4) is 0 Å². The lowest BCUT2D eigenvalue weighted by atomic mass is 10.0. The normalized spacial score (nSPS) is 22.8. The molecule has 2 aromatic carbocycles. The lowest BCUT2D eigenvalue weighted by Crippen LogP contribution is -2.60. The topological polar surface area (TPSA) is 98.8 Å². The van der Waals surface area contributed by atoms with Gasteiger partial charge in [0, 0.05) is 25.9 Å². The number of nitrogens with one attached hydrogen (secondary N) is 2. The molecule has 0 radical (unpaired) electrons. The van der Waals surface area contributed by atoms with E-state index in [0.717, 1.165) is 30.4 Å². The molecule has 4 amide bonds. The third-order valence-electron chi connectivity index (χ3n) is 7.33. The molecule has 0 spiro atoms. The SMILES string of the molecule is CCCCCN1CC(=O)N[C@@H](Cc2ccccc2)C(=O)N[C@@H](Cc2ccccc2)C(=O)N2CCC[C@@H]2C1=O. The Hall–Kier alpha value is -3.68. The van der Waals surface area contributed by atoms with Gasteiger partial charge in [0.15, 0.2) is 0 Å². The molecule has 2 saturated heterocycles. The van der Waals surface area contributed by atoms with Crippen molar-refractivity contribution in [2.24, 2.45) is 0 Å². The van der Waals surface area contributed by atoms with Crippen LogP contribution in [-0.4, -0.2) is 71.2 Å². The average Bonchev–Trinajstić information content (AvgIpc) is 3.42. The van der Waals surface area contributed by atoms with Gasteiger partial charge in [-0.05, 0) is 30.4 Å². The molecule has 0 saturated carbocycles. The van der Waals surface area contributed by atoms with Crippen LogP contribution in [0.25, 0.3) is 0 Å². The van der Waals surface area contributed by atoms with Gasteiger partial charge in [0.25, 0.3) is 0 Å². The first kappa shape index (κ1) is 27.4. The summed E-state index contributed by atoms with van der Waals surface area (Å²) in [5, 5.41) is 5.80. The van der Waals surface area contributed by atoms with E-state index in [1.807, 2.05) is 60.7 Å². The van der Waals surface area contributed by atoms with Crippen molar-refractivity contribution in [2.45, 2.75) is 70.0 Å². The van der Waals surface area contributed by atoms with Gasteiger partial charge >= 0.3 is 0 Å². The van der Waals surface area contributed by atoms with E-state index in [1.54, 1.807) is 9.80 Å². The van der Waals surface area contributed by atoms with Crippen molar-refractivity contribution in [1.29, 1.82) is 0 Å². The maximum absolute atomic E-state index is 13.9. The van der Waals surface area contributed by atoms with Crippen molar-refractivity contribution in [3.05, 3.63) is 71.8 Å². The van der Waals surface area contributed by atoms with Crippen molar-refractivity contribution >= 4 is 23.6 Å². The molecule has 202 valence electrons. The standard InChI is InChI=1S/C30H38N4O4/c1-2-3-10-17-33-21-27(35)31-24(19-22-12-6-4-7-13-22)28(36)32-25(20-23-14-8-5-9-15-23)29(37)34-18-11-16-26(34)30(33)38/h4-9,12-15,24-26H,2-3,10-11,16-21H2,1H3,(H,31,35)(H,32,36)/t24-,25-,26+/m0/s1. The monoisotopic (exact) mass is 518 g/mol. The molecule has 4 rings (SSSR count). The highest BCUT2D eigenvalue weighted by Crippen LogP contribution is 2.22. The largest absolute Gasteiger partial charge is 0.342 e. The second-order valence-electron chi connectivity index (χ2n) is 10.2. The molecule has 3 atom stereocenters. The molecular weight excluding hydrogens is 480 g/mol. The highest BCUT2D eigenvalue weighted by atomic mass is 16.2. The van der Waals surface area contributed by atoms with Gasteiger partial charge in [-0.3, -0.25) is 19.2 Å². The van der Waals surface area contributed by atoms with Gasteiger partial charge in [-0.2, -0.15) is 0 Å². The van der Waals surface area contributed by atoms with Crippen molar-refractivity contribution < 1.29 is 19.2 Å². The number of unbranched alkanes of at least 4 members (excludes halogenated alkanes) is 2. The van der Waals surface area contributed by atoms with Gasteiger partial charge in [0.05, 0.1) is 6.54 Å². The zero-order chi connectivity index (χ0) is 26.9. The zero-order valence-electron chi connectivity index (χ0n) is 22.1. The minimum Gasteiger partial charge on any atom is -0.342 e. The van der Waals surface area contributed by atoms with Crippen LogP contribution in [0.4, 0.5) is 0 Å². The summed E-state index contributed by atoms with van der Waals surface area (Å²) < 4.78 is 0. The number of hydrogen-bond acceptors (Lipinski definition) is 4. The van der Waals surface area contributed by atoms with Gasteiger partial charge < -0.3 is 20.4 Å². The summed E-state index contributed by atoms with van der Waals surface area (Å²) in [6, 6.07) is 16.6. The molecule has 8 nitrogen and oxygen atoms in total. The summed E-state index contributed by atoms with van der Waals surface area (Å²) in [6.07, 6.45) is 4.55. The molecule has 2 fully saturated rings. The molecule has 2 N–H and O–H groups in total. The summed E-state index contributed by atoms with van der Waals surface area (Å²) in [6.45, 7) is 2.86. The van der Waals surface area contributed by atoms with E-state index in [0.29, 0.717) is 32.4 Å². The fraction of sp³-hybridized carbons (Fsp3) is 0.467. The zero-order valence-corrected chi connectivity index (χ0v) is 22.1. The fourth-order valence-electron chi connectivity index (χ4n) is 5.31. The van der Waals surface area contributed by atoms with E-state index in [1.165, 1.54) is 0 Å². The minimum absolute atomic E-state index is 0.132. The Balaban J connectivity index is 1.66. The van der Waals surface area contributed by atoms with Crippen LogP contribution in [0, 0.1) is 0 Å². The number of benzene rings is 2. The van der Waals surface area contributed by atoms with Gasteiger partial charge in [-0.1, -0.05) is 80.4 Å². The van der Waals surface area contributed by atoms with Crippen LogP contribution in [0.3, 0.4) is 0 Å². The lowest BCUT2D eigenvalue weighted by molar-refractivity contribution is -0.148. The number of fused-ring (bicyclic) bond motifs is 1. The van der Waals surface area contributed by atoms with E-state index < -0.39 is 24.0 Å². The third kappa shape index (κ3) is 7.00. The van der Waals surface area contributed by atoms with Crippen LogP contribution in [0.15, 0.2) is 60.7 Å². The molecule has 0 aromatic heterocycles. The van der Waals surface area contributed by atoms with Gasteiger partial charge in [-0.25, -0.2) is 0 Å². The van der Waals surface area contributed by atoms with Crippen LogP contribution < -0.4 is 10.6 Å². The molecule has 2 aliphatic rings. The first-order chi connectivity index (χ1) is 18.5. The predicted octanol–water partition coefficient (Wildman–Crippen LogP) is 2.46. The Morgan fingerprint density at radius 3 is 2.05 bits per heavy atom. The van der Waals surface area contributed by atoms with E-state index in [2.05, 4.69) is 17.6 Å². The van der Waals surface area contributed by atoms with Crippen molar-refractivity contribution in [2.75, 3.05) is 19.6 Å². The molecule has 0 unspecified atom stereocenters. The Bertz CT molecular complexity index is 1110. The Morgan fingerprint density at radius 1 is 0.789 bits per heavy atom. The lowest BCUT2D eigenvalue weighted by Gasteiger charge is -2.34. The van der Waals surface area contributed by atoms with Gasteiger partial charge in [-0.15, -0.1) is 0 Å². The minimum atomic E-state index is -0.877. The van der Waals surface area contributed by atoms with E-state index >= 15 is 0 Å². The quantitative estimate of drug-likeness (QED) is 0.525. The van der Waals surface area contributed by atoms with E-state index in [-0.39, 0.29) is 30.7 Å². The summed E-state index contributed by atoms with van der Waals surface area (Å²) in [5.74, 6) is -1.22. The van der Waals surface area contributed by atoms with Crippen LogP contribution in [0.1, 0.15) is 50.2 Å². The maximum Gasteiger partial charge on any atom is 0.246 e. The summed E-state index contributed by atoms with van der Waals surface area (Å²) in [5.41, 5.74) is 1.80. The summed E-state index contributed by atoms with van der Waals surface area (Å²) in [4.78, 5) is 57.6. The number of carbonyl (C=O) groups is 4. The first-order valence-corrected chi connectivity index (χ1v) is 13.7. The number of nitrogens with zero attached hydrogens (tertiary/aromatic N) is 2. The van der Waals surface area contributed by atoms with Crippen LogP contribution in [0.5, 0.6) is 0 Å². The number of amides is 4. The summed E-state index contributed by atoms with van der Waals surface area (Å²) in [7, 11) is 0. The third-order valence-corrected chi connectivity index (χ3v) is 7.33. The number of rotatable bonds is 8. The molecular formula is C30H38N4O4. The van der Waals surface area contributed by atoms with Crippen LogP contribution in [0.2, 0.25) is 0 Å². The molecule has 2 heterocycles. The molecule has 2 aromatic rings. The Labute approximate surface area is 224 Å². The number of hydrogen-bond donors (Lipinski definition) is 2. The molecule has 2 aliphatic heterocycles. The predicted molar refractivity (Wildman–Crippen MR) is 145 cm³/mol. The molecule has 8 heteroatoms. The fourth-order valence-corrected chi connectivity index (χ4v) is 5.31. The smallest absolute Gasteiger partial charge is 0.246 e. The van der Waals surface area contributed by atoms with Gasteiger partial charge in [0.1, 0.15) is 18.1 Å². The van der Waals surface area contributed by atoms with Crippen LogP contribution >= 0.6 is 0 Å². The van der Waals surface area contributed by atoms with Crippen molar-refractivity contribution in [3.63, 3.8) is 0 Å². The molecule has 0 bridgehead atoms. The maximum atomic E-state index is 13.9. The second kappa shape index (κ2) is 13.2. The molecule has 38 heavy (non-hydrogen) atoms. The van der Waals surface area contributed by atoms with Crippen LogP contribution in [-0.2, 0) is 32.0 Å². The van der Waals surface area contributed by atoms with Gasteiger partial charge in [0.2, 0.25) is 23.6 Å². The molecule has 0 aliphatic carbocycles. The Morgan fingerprint density at radius 2 is 1.42 bits per heavy atom. The Kier molecular flexibility index (Phi) is 9.51. The van der Waals surface area contributed by atoms with E-state index in [4.69, 9.17) is 0 Å². The average molecular weight is 519 g/mol. The second-order valence-corrected chi connectivity index (χ2v) is 10.2. The first-order valence-electron chi connectivity index (χ1n) is 13.7. The van der Waals surface area contributed by atoms with E-state index in [9.17, 15) is 19.2 Å². The highest BCUT2D eigenvalue weighted by Gasteiger charge is 2.41. The highest BCUT2D eigenvalue weighted by molar-refractivity contribution is 5.97. The van der Waals surface area contributed by atoms with Crippen molar-refractivity contribution in [1.82, 2.24) is 20.4 Å². The number of carbonyl (C=O) groups excluding carboxylic acids is 4.